The van der Waals surface area contributed by atoms with E-state index in [0.717, 1.165) is 41.7 Å². The van der Waals surface area contributed by atoms with Crippen molar-refractivity contribution >= 4 is 51.6 Å². The monoisotopic (exact) mass is 546 g/mol. The van der Waals surface area contributed by atoms with Gasteiger partial charge in [-0.15, -0.1) is 28.1 Å². The topological polar surface area (TPSA) is 95.3 Å². The molecule has 4 rings (SSSR count). The zero-order chi connectivity index (χ0) is 25.7. The van der Waals surface area contributed by atoms with E-state index in [0.29, 0.717) is 38.9 Å². The van der Waals surface area contributed by atoms with E-state index >= 15 is 0 Å². The molecule has 2 aromatic heterocycles. The Balaban J connectivity index is 1.42. The fraction of sp³-hybridized carbons (Fsp3) is 0.360. The molecule has 0 bridgehead atoms. The number of allylic oxidation sites excluding steroid dienone is 1. The number of benzene rings is 1. The van der Waals surface area contributed by atoms with E-state index in [1.54, 1.807) is 18.2 Å². The predicted molar refractivity (Wildman–Crippen MR) is 142 cm³/mol. The summed E-state index contributed by atoms with van der Waals surface area (Å²) in [6, 6.07) is 5.45. The largest absolute Gasteiger partial charge is 0.486 e. The smallest absolute Gasteiger partial charge is 0.341 e. The van der Waals surface area contributed by atoms with Gasteiger partial charge in [0, 0.05) is 16.4 Å². The van der Waals surface area contributed by atoms with Crippen molar-refractivity contribution in [1.29, 1.82) is 0 Å². The number of nitrogens with zero attached hydrogens (tertiary/aromatic N) is 3. The van der Waals surface area contributed by atoms with Crippen LogP contribution in [-0.2, 0) is 35.5 Å². The standard InChI is InChI=1S/C25H27ClN4O4S2/c1-4-11-30-20(13-34-16-9-10-18(26)15(2)12-16)28-29-25(30)35-14-21(31)27-23-22(24(32)33-3)17-7-5-6-8-19(17)36-23/h4,9-10,12H,1,5-8,11,13-14H2,2-3H3,(H,27,31). The van der Waals surface area contributed by atoms with Gasteiger partial charge < -0.3 is 14.8 Å². The lowest BCUT2D eigenvalue weighted by atomic mass is 9.95. The number of thiophene rings is 1. The molecule has 0 atom stereocenters. The van der Waals surface area contributed by atoms with Crippen LogP contribution in [0.1, 0.15) is 45.0 Å². The molecule has 11 heteroatoms. The van der Waals surface area contributed by atoms with Gasteiger partial charge in [0.05, 0.1) is 18.4 Å². The SMILES string of the molecule is C=CCn1c(COc2ccc(Cl)c(C)c2)nnc1SCC(=O)Nc1sc2c(c1C(=O)OC)CCCC2. The summed E-state index contributed by atoms with van der Waals surface area (Å²) in [4.78, 5) is 26.4. The summed E-state index contributed by atoms with van der Waals surface area (Å²) in [5.41, 5.74) is 2.42. The molecule has 0 saturated heterocycles. The first kappa shape index (κ1) is 26.2. The second-order valence-electron chi connectivity index (χ2n) is 8.24. The lowest BCUT2D eigenvalue weighted by Gasteiger charge is -2.12. The summed E-state index contributed by atoms with van der Waals surface area (Å²) >= 11 is 8.81. The number of esters is 1. The number of fused-ring (bicyclic) bond motifs is 1. The summed E-state index contributed by atoms with van der Waals surface area (Å²) < 4.78 is 12.7. The van der Waals surface area contributed by atoms with Gasteiger partial charge in [0.25, 0.3) is 0 Å². The minimum atomic E-state index is -0.413. The second kappa shape index (κ2) is 11.9. The number of halogens is 1. The van der Waals surface area contributed by atoms with Crippen molar-refractivity contribution in [3.8, 4) is 5.75 Å². The maximum atomic E-state index is 12.8. The average Bonchev–Trinajstić information content (AvgIpc) is 3.43. The van der Waals surface area contributed by atoms with Gasteiger partial charge in [0.15, 0.2) is 11.0 Å². The van der Waals surface area contributed by atoms with Gasteiger partial charge in [0.2, 0.25) is 5.91 Å². The molecule has 2 heterocycles. The van der Waals surface area contributed by atoms with E-state index < -0.39 is 5.97 Å². The van der Waals surface area contributed by atoms with Crippen molar-refractivity contribution in [3.05, 3.63) is 63.3 Å². The van der Waals surface area contributed by atoms with Crippen LogP contribution in [-0.4, -0.2) is 39.5 Å². The summed E-state index contributed by atoms with van der Waals surface area (Å²) in [5.74, 6) is 0.758. The highest BCUT2D eigenvalue weighted by atomic mass is 35.5. The van der Waals surface area contributed by atoms with E-state index in [4.69, 9.17) is 21.1 Å². The molecule has 8 nitrogen and oxygen atoms in total. The van der Waals surface area contributed by atoms with Crippen molar-refractivity contribution in [2.24, 2.45) is 0 Å². The number of rotatable bonds is 10. The molecule has 1 aromatic carbocycles. The van der Waals surface area contributed by atoms with Crippen LogP contribution in [0, 0.1) is 6.92 Å². The molecule has 0 saturated carbocycles. The molecule has 36 heavy (non-hydrogen) atoms. The Morgan fingerprint density at radius 1 is 1.31 bits per heavy atom. The van der Waals surface area contributed by atoms with Gasteiger partial charge in [-0.25, -0.2) is 4.79 Å². The van der Waals surface area contributed by atoms with E-state index in [2.05, 4.69) is 22.1 Å². The minimum absolute atomic E-state index is 0.107. The Morgan fingerprint density at radius 2 is 2.11 bits per heavy atom. The maximum Gasteiger partial charge on any atom is 0.341 e. The number of hydrogen-bond donors (Lipinski definition) is 1. The summed E-state index contributed by atoms with van der Waals surface area (Å²) in [7, 11) is 1.36. The number of amides is 1. The zero-order valence-corrected chi connectivity index (χ0v) is 22.5. The summed E-state index contributed by atoms with van der Waals surface area (Å²) in [6.07, 6.45) is 5.59. The number of anilines is 1. The molecule has 1 amide bonds. The van der Waals surface area contributed by atoms with E-state index in [1.165, 1.54) is 30.2 Å². The highest BCUT2D eigenvalue weighted by Crippen LogP contribution is 2.38. The van der Waals surface area contributed by atoms with Crippen LogP contribution in [0.15, 0.2) is 36.0 Å². The third-order valence-corrected chi connectivity index (χ3v) is 8.35. The molecule has 0 radical (unpaired) electrons. The number of aryl methyl sites for hydroxylation is 2. The molecular formula is C25H27ClN4O4S2. The van der Waals surface area contributed by atoms with E-state index in [-0.39, 0.29) is 18.3 Å². The number of methoxy groups -OCH3 is 1. The zero-order valence-electron chi connectivity index (χ0n) is 20.1. The highest BCUT2D eigenvalue weighted by Gasteiger charge is 2.27. The van der Waals surface area contributed by atoms with Crippen molar-refractivity contribution in [3.63, 3.8) is 0 Å². The third kappa shape index (κ3) is 5.93. The van der Waals surface area contributed by atoms with Crippen LogP contribution in [0.25, 0.3) is 0 Å². The minimum Gasteiger partial charge on any atom is -0.486 e. The number of carbonyl (C=O) groups is 2. The number of carbonyl (C=O) groups excluding carboxylic acids is 2. The molecule has 1 aliphatic rings. The third-order valence-electron chi connectivity index (χ3n) is 5.75. The van der Waals surface area contributed by atoms with Crippen LogP contribution in [0.4, 0.5) is 5.00 Å². The normalized spacial score (nSPS) is 12.6. The predicted octanol–water partition coefficient (Wildman–Crippen LogP) is 5.46. The van der Waals surface area contributed by atoms with Crippen LogP contribution in [0.5, 0.6) is 5.75 Å². The maximum absolute atomic E-state index is 12.8. The molecule has 190 valence electrons. The first-order valence-electron chi connectivity index (χ1n) is 11.5. The number of ether oxygens (including phenoxy) is 2. The van der Waals surface area contributed by atoms with Gasteiger partial charge in [-0.2, -0.15) is 0 Å². The fourth-order valence-electron chi connectivity index (χ4n) is 3.96. The summed E-state index contributed by atoms with van der Waals surface area (Å²) in [6.45, 7) is 6.40. The highest BCUT2D eigenvalue weighted by molar-refractivity contribution is 7.99. The Bertz CT molecular complexity index is 1290. The molecule has 0 unspecified atom stereocenters. The van der Waals surface area contributed by atoms with Crippen molar-refractivity contribution in [1.82, 2.24) is 14.8 Å². The summed E-state index contributed by atoms with van der Waals surface area (Å²) in [5, 5.41) is 13.2. The number of thioether (sulfide) groups is 1. The van der Waals surface area contributed by atoms with Crippen molar-refractivity contribution in [2.75, 3.05) is 18.2 Å². The lowest BCUT2D eigenvalue weighted by Crippen LogP contribution is -2.17. The Hall–Kier alpha value is -2.82. The van der Waals surface area contributed by atoms with Crippen LogP contribution in [0.3, 0.4) is 0 Å². The Kier molecular flexibility index (Phi) is 8.71. The van der Waals surface area contributed by atoms with E-state index in [9.17, 15) is 9.59 Å². The van der Waals surface area contributed by atoms with Gasteiger partial charge in [0.1, 0.15) is 17.4 Å². The first-order chi connectivity index (χ1) is 17.4. The second-order valence-corrected chi connectivity index (χ2v) is 10.7. The molecule has 1 aliphatic carbocycles. The van der Waals surface area contributed by atoms with Crippen LogP contribution in [0.2, 0.25) is 5.02 Å². The number of nitrogens with one attached hydrogen (secondary N) is 1. The van der Waals surface area contributed by atoms with Crippen LogP contribution >= 0.6 is 34.7 Å². The van der Waals surface area contributed by atoms with Gasteiger partial charge in [-0.3, -0.25) is 9.36 Å². The van der Waals surface area contributed by atoms with Crippen LogP contribution < -0.4 is 10.1 Å². The van der Waals surface area contributed by atoms with Gasteiger partial charge in [-0.1, -0.05) is 29.4 Å². The molecule has 0 aliphatic heterocycles. The Labute approximate surface area is 223 Å². The fourth-order valence-corrected chi connectivity index (χ4v) is 6.14. The average molecular weight is 547 g/mol. The molecule has 1 N–H and O–H groups in total. The lowest BCUT2D eigenvalue weighted by molar-refractivity contribution is -0.113. The van der Waals surface area contributed by atoms with E-state index in [1.807, 2.05) is 17.6 Å². The molecule has 3 aromatic rings. The molecule has 0 fully saturated rings. The van der Waals surface area contributed by atoms with Gasteiger partial charge in [-0.05, 0) is 61.9 Å². The number of hydrogen-bond acceptors (Lipinski definition) is 8. The van der Waals surface area contributed by atoms with Crippen molar-refractivity contribution in [2.45, 2.75) is 50.9 Å². The quantitative estimate of drug-likeness (QED) is 0.205. The molecule has 0 spiro atoms. The number of aromatic nitrogens is 3. The first-order valence-corrected chi connectivity index (χ1v) is 13.7. The Morgan fingerprint density at radius 3 is 2.86 bits per heavy atom. The van der Waals surface area contributed by atoms with Crippen molar-refractivity contribution < 1.29 is 19.1 Å². The molecular weight excluding hydrogens is 520 g/mol. The van der Waals surface area contributed by atoms with Gasteiger partial charge >= 0.3 is 5.97 Å².